The van der Waals surface area contributed by atoms with Crippen LogP contribution in [0.25, 0.3) is 0 Å². The number of benzene rings is 1. The zero-order valence-corrected chi connectivity index (χ0v) is 9.71. The van der Waals surface area contributed by atoms with Gasteiger partial charge in [0.2, 0.25) is 0 Å². The summed E-state index contributed by atoms with van der Waals surface area (Å²) in [5.41, 5.74) is 2.76. The molecule has 1 aromatic carbocycles. The maximum Gasteiger partial charge on any atom is 0.122 e. The number of rotatable bonds is 3. The summed E-state index contributed by atoms with van der Waals surface area (Å²) < 4.78 is 5.41. The lowest BCUT2D eigenvalue weighted by molar-refractivity contribution is 0.385. The predicted molar refractivity (Wildman–Crippen MR) is 62.7 cm³/mol. The van der Waals surface area contributed by atoms with Gasteiger partial charge in [-0.05, 0) is 17.5 Å². The molecule has 1 N–H and O–H groups in total. The van der Waals surface area contributed by atoms with E-state index in [2.05, 4.69) is 37.4 Å². The Morgan fingerprint density at radius 1 is 1.33 bits per heavy atom. The minimum Gasteiger partial charge on any atom is -0.496 e. The van der Waals surface area contributed by atoms with Gasteiger partial charge in [-0.15, -0.1) is 0 Å². The summed E-state index contributed by atoms with van der Waals surface area (Å²) in [5.74, 6) is 2.26. The minimum atomic E-state index is 0.586. The van der Waals surface area contributed by atoms with Gasteiger partial charge >= 0.3 is 0 Å². The molecule has 0 aliphatic carbocycles. The zero-order chi connectivity index (χ0) is 10.8. The van der Waals surface area contributed by atoms with Crippen molar-refractivity contribution in [3.8, 4) is 5.75 Å². The van der Waals surface area contributed by atoms with Crippen LogP contribution in [0.1, 0.15) is 36.8 Å². The molecule has 82 valence electrons. The first-order valence-electron chi connectivity index (χ1n) is 5.61. The normalized spacial score (nSPS) is 16.5. The van der Waals surface area contributed by atoms with Gasteiger partial charge in [-0.25, -0.2) is 0 Å². The Bertz CT molecular complexity index is 342. The number of hydrogen-bond donors (Lipinski definition) is 1. The molecule has 15 heavy (non-hydrogen) atoms. The fraction of sp³-hybridized carbons (Fsp3) is 0.538. The van der Waals surface area contributed by atoms with Crippen LogP contribution in [0.3, 0.4) is 0 Å². The second-order valence-corrected chi connectivity index (χ2v) is 4.51. The average Bonchev–Trinajstić information content (AvgIpc) is 2.15. The van der Waals surface area contributed by atoms with E-state index in [0.717, 1.165) is 18.8 Å². The van der Waals surface area contributed by atoms with Gasteiger partial charge in [-0.1, -0.05) is 26.0 Å². The second-order valence-electron chi connectivity index (χ2n) is 4.51. The van der Waals surface area contributed by atoms with Crippen molar-refractivity contribution in [3.05, 3.63) is 29.3 Å². The Morgan fingerprint density at radius 2 is 2.07 bits per heavy atom. The largest absolute Gasteiger partial charge is 0.496 e. The first-order valence-corrected chi connectivity index (χ1v) is 5.61. The van der Waals surface area contributed by atoms with Crippen LogP contribution in [0.5, 0.6) is 5.75 Å². The highest BCUT2D eigenvalue weighted by Gasteiger charge is 2.22. The summed E-state index contributed by atoms with van der Waals surface area (Å²) in [5, 5.41) is 3.30. The molecule has 1 aliphatic heterocycles. The standard InChI is InChI=1S/C13H19NO/c1-9(2)10-4-5-13(15-3)12(6-10)11-7-14-8-11/h4-6,9,11,14H,7-8H2,1-3H3. The summed E-state index contributed by atoms with van der Waals surface area (Å²) >= 11 is 0. The Labute approximate surface area is 91.6 Å². The smallest absolute Gasteiger partial charge is 0.122 e. The van der Waals surface area contributed by atoms with Crippen molar-refractivity contribution >= 4 is 0 Å². The topological polar surface area (TPSA) is 21.3 Å². The average molecular weight is 205 g/mol. The summed E-state index contributed by atoms with van der Waals surface area (Å²) in [4.78, 5) is 0. The lowest BCUT2D eigenvalue weighted by atomic mass is 9.89. The molecule has 2 nitrogen and oxygen atoms in total. The molecule has 0 aromatic heterocycles. The molecule has 1 heterocycles. The van der Waals surface area contributed by atoms with Crippen molar-refractivity contribution < 1.29 is 4.74 Å². The highest BCUT2D eigenvalue weighted by atomic mass is 16.5. The third kappa shape index (κ3) is 2.00. The van der Waals surface area contributed by atoms with Gasteiger partial charge < -0.3 is 10.1 Å². The van der Waals surface area contributed by atoms with E-state index in [1.165, 1.54) is 11.1 Å². The number of methoxy groups -OCH3 is 1. The van der Waals surface area contributed by atoms with Gasteiger partial charge in [0.15, 0.2) is 0 Å². The molecular weight excluding hydrogens is 186 g/mol. The number of nitrogens with one attached hydrogen (secondary N) is 1. The van der Waals surface area contributed by atoms with Crippen LogP contribution >= 0.6 is 0 Å². The van der Waals surface area contributed by atoms with E-state index in [4.69, 9.17) is 4.74 Å². The van der Waals surface area contributed by atoms with Gasteiger partial charge in [0.25, 0.3) is 0 Å². The third-order valence-corrected chi connectivity index (χ3v) is 3.14. The van der Waals surface area contributed by atoms with Crippen LogP contribution in [0.15, 0.2) is 18.2 Å². The Hall–Kier alpha value is -1.02. The van der Waals surface area contributed by atoms with Crippen LogP contribution in [0.4, 0.5) is 0 Å². The summed E-state index contributed by atoms with van der Waals surface area (Å²) in [6.07, 6.45) is 0. The first-order chi connectivity index (χ1) is 7.22. The van der Waals surface area contributed by atoms with Crippen LogP contribution in [-0.2, 0) is 0 Å². The number of ether oxygens (including phenoxy) is 1. The van der Waals surface area contributed by atoms with Crippen LogP contribution < -0.4 is 10.1 Å². The Balaban J connectivity index is 2.33. The van der Waals surface area contributed by atoms with Crippen molar-refractivity contribution in [2.45, 2.75) is 25.7 Å². The van der Waals surface area contributed by atoms with Crippen LogP contribution in [-0.4, -0.2) is 20.2 Å². The quantitative estimate of drug-likeness (QED) is 0.818. The SMILES string of the molecule is COc1ccc(C(C)C)cc1C1CNC1. The Kier molecular flexibility index (Phi) is 2.96. The maximum atomic E-state index is 5.41. The van der Waals surface area contributed by atoms with E-state index in [1.807, 2.05) is 0 Å². The van der Waals surface area contributed by atoms with E-state index < -0.39 is 0 Å². The Morgan fingerprint density at radius 3 is 2.53 bits per heavy atom. The third-order valence-electron chi connectivity index (χ3n) is 3.14. The molecule has 0 radical (unpaired) electrons. The zero-order valence-electron chi connectivity index (χ0n) is 9.71. The van der Waals surface area contributed by atoms with E-state index in [-0.39, 0.29) is 0 Å². The summed E-state index contributed by atoms with van der Waals surface area (Å²) in [6.45, 7) is 6.62. The van der Waals surface area contributed by atoms with Crippen molar-refractivity contribution in [1.82, 2.24) is 5.32 Å². The highest BCUT2D eigenvalue weighted by Crippen LogP contribution is 2.31. The van der Waals surface area contributed by atoms with Crippen molar-refractivity contribution in [2.24, 2.45) is 0 Å². The molecule has 1 aromatic rings. The predicted octanol–water partition coefficient (Wildman–Crippen LogP) is 2.51. The van der Waals surface area contributed by atoms with Crippen molar-refractivity contribution in [3.63, 3.8) is 0 Å². The van der Waals surface area contributed by atoms with E-state index in [1.54, 1.807) is 7.11 Å². The summed E-state index contributed by atoms with van der Waals surface area (Å²) in [6, 6.07) is 6.57. The molecule has 0 unspecified atom stereocenters. The molecule has 1 saturated heterocycles. The molecule has 2 rings (SSSR count). The molecule has 0 saturated carbocycles. The molecule has 0 atom stereocenters. The molecule has 1 aliphatic rings. The van der Waals surface area contributed by atoms with E-state index in [0.29, 0.717) is 11.8 Å². The molecule has 0 bridgehead atoms. The molecule has 0 spiro atoms. The lowest BCUT2D eigenvalue weighted by Crippen LogP contribution is -2.40. The summed E-state index contributed by atoms with van der Waals surface area (Å²) in [7, 11) is 1.75. The molecule has 1 fully saturated rings. The second kappa shape index (κ2) is 4.23. The van der Waals surface area contributed by atoms with Gasteiger partial charge in [0.05, 0.1) is 7.11 Å². The lowest BCUT2D eigenvalue weighted by Gasteiger charge is -2.29. The van der Waals surface area contributed by atoms with Gasteiger partial charge in [-0.3, -0.25) is 0 Å². The fourth-order valence-electron chi connectivity index (χ4n) is 1.94. The molecule has 0 amide bonds. The highest BCUT2D eigenvalue weighted by molar-refractivity contribution is 5.42. The van der Waals surface area contributed by atoms with Crippen molar-refractivity contribution in [2.75, 3.05) is 20.2 Å². The van der Waals surface area contributed by atoms with Gasteiger partial charge in [0.1, 0.15) is 5.75 Å². The van der Waals surface area contributed by atoms with Gasteiger partial charge in [-0.2, -0.15) is 0 Å². The van der Waals surface area contributed by atoms with E-state index >= 15 is 0 Å². The van der Waals surface area contributed by atoms with E-state index in [9.17, 15) is 0 Å². The fourth-order valence-corrected chi connectivity index (χ4v) is 1.94. The first kappa shape index (κ1) is 10.5. The van der Waals surface area contributed by atoms with Crippen molar-refractivity contribution in [1.29, 1.82) is 0 Å². The molecular formula is C13H19NO. The molecule has 2 heteroatoms. The van der Waals surface area contributed by atoms with Crippen LogP contribution in [0, 0.1) is 0 Å². The monoisotopic (exact) mass is 205 g/mol. The minimum absolute atomic E-state index is 0.586. The number of hydrogen-bond acceptors (Lipinski definition) is 2. The maximum absolute atomic E-state index is 5.41. The van der Waals surface area contributed by atoms with Crippen LogP contribution in [0.2, 0.25) is 0 Å². The van der Waals surface area contributed by atoms with Gasteiger partial charge in [0, 0.05) is 24.6 Å².